The van der Waals surface area contributed by atoms with Crippen LogP contribution in [0.25, 0.3) is 44.2 Å². The summed E-state index contributed by atoms with van der Waals surface area (Å²) < 4.78 is 0. The molecule has 7 aromatic rings. The van der Waals surface area contributed by atoms with E-state index in [0.717, 1.165) is 23.7 Å². The van der Waals surface area contributed by atoms with Crippen LogP contribution in [0.3, 0.4) is 0 Å². The van der Waals surface area contributed by atoms with Crippen LogP contribution in [-0.4, -0.2) is 0 Å². The summed E-state index contributed by atoms with van der Waals surface area (Å²) in [5.41, 5.74) is 18.8. The maximum absolute atomic E-state index is 2.67. The lowest BCUT2D eigenvalue weighted by Gasteiger charge is -2.61. The van der Waals surface area contributed by atoms with Gasteiger partial charge < -0.3 is 4.90 Å². The molecule has 1 nitrogen and oxygen atoms in total. The van der Waals surface area contributed by atoms with E-state index in [4.69, 9.17) is 0 Å². The van der Waals surface area contributed by atoms with Gasteiger partial charge in [0.05, 0.1) is 0 Å². The Labute approximate surface area is 337 Å². The molecule has 0 aliphatic heterocycles. The van der Waals surface area contributed by atoms with E-state index in [0.29, 0.717) is 0 Å². The minimum absolute atomic E-state index is 0.130. The first-order valence-corrected chi connectivity index (χ1v) is 22.1. The predicted octanol–water partition coefficient (Wildman–Crippen LogP) is 14.9. The fraction of sp³-hybridized carbons (Fsp3) is 0.286. The molecule has 7 aliphatic rings. The molecule has 0 heterocycles. The van der Waals surface area contributed by atoms with Gasteiger partial charge in [-0.05, 0) is 177 Å². The molecular formula is C56H49N. The minimum Gasteiger partial charge on any atom is -0.310 e. The van der Waals surface area contributed by atoms with E-state index < -0.39 is 0 Å². The molecule has 0 saturated heterocycles. The minimum atomic E-state index is 0.130. The molecule has 0 unspecified atom stereocenters. The second-order valence-electron chi connectivity index (χ2n) is 18.8. The number of rotatable bonds is 4. The summed E-state index contributed by atoms with van der Waals surface area (Å²) in [6.45, 7) is 0. The van der Waals surface area contributed by atoms with Crippen molar-refractivity contribution in [3.05, 3.63) is 174 Å². The quantitative estimate of drug-likeness (QED) is 0.174. The molecular weight excluding hydrogens is 687 g/mol. The van der Waals surface area contributed by atoms with Crippen molar-refractivity contribution in [1.29, 1.82) is 0 Å². The zero-order chi connectivity index (χ0) is 37.3. The van der Waals surface area contributed by atoms with Crippen LogP contribution in [0.15, 0.2) is 152 Å². The van der Waals surface area contributed by atoms with Crippen molar-refractivity contribution in [2.45, 2.75) is 75.0 Å². The standard InChI is InChI=1S/C56H49N/c1-8-26-55(27-9-1)51-14-6-4-13-48(51)50-34-45(23-25-52(50)55)57(44-20-18-39(19-21-44)41-17-16-38-10-2-3-11-40(38)33-41)46-22-24-49-47-12-5-7-15-53(47)56(54(49)35-46)42-29-36-28-37(31-42)32-43(56)30-36/h2-7,10-25,33-37,42-43H,1,8-9,26-32H2. The Morgan fingerprint density at radius 2 is 0.965 bits per heavy atom. The first-order chi connectivity index (χ1) is 28.2. The van der Waals surface area contributed by atoms with E-state index in [1.807, 2.05) is 0 Å². The second-order valence-corrected chi connectivity index (χ2v) is 18.8. The van der Waals surface area contributed by atoms with Gasteiger partial charge in [-0.2, -0.15) is 0 Å². The second kappa shape index (κ2) is 12.1. The smallest absolute Gasteiger partial charge is 0.0468 e. The highest BCUT2D eigenvalue weighted by Gasteiger charge is 2.61. The summed E-state index contributed by atoms with van der Waals surface area (Å²) in [4.78, 5) is 2.59. The van der Waals surface area contributed by atoms with Gasteiger partial charge in [0.15, 0.2) is 0 Å². The van der Waals surface area contributed by atoms with Crippen LogP contribution < -0.4 is 4.90 Å². The topological polar surface area (TPSA) is 3.24 Å². The van der Waals surface area contributed by atoms with Crippen molar-refractivity contribution < 1.29 is 0 Å². The number of fused-ring (bicyclic) bond motifs is 9. The third kappa shape index (κ3) is 4.52. The van der Waals surface area contributed by atoms with Crippen molar-refractivity contribution in [1.82, 2.24) is 0 Å². The molecule has 1 heteroatoms. The number of hydrogen-bond acceptors (Lipinski definition) is 1. The summed E-state index contributed by atoms with van der Waals surface area (Å²) in [5, 5.41) is 2.57. The van der Waals surface area contributed by atoms with Gasteiger partial charge in [-0.25, -0.2) is 0 Å². The van der Waals surface area contributed by atoms with Gasteiger partial charge in [0, 0.05) is 27.9 Å². The van der Waals surface area contributed by atoms with E-state index in [9.17, 15) is 0 Å². The summed E-state index contributed by atoms with van der Waals surface area (Å²) in [5.74, 6) is 3.34. The molecule has 2 spiro atoms. The van der Waals surface area contributed by atoms with E-state index in [1.54, 1.807) is 22.3 Å². The Hall–Kier alpha value is -5.40. The van der Waals surface area contributed by atoms with Crippen molar-refractivity contribution in [3.63, 3.8) is 0 Å². The molecule has 4 bridgehead atoms. The monoisotopic (exact) mass is 735 g/mol. The van der Waals surface area contributed by atoms with E-state index in [-0.39, 0.29) is 10.8 Å². The van der Waals surface area contributed by atoms with Crippen LogP contribution in [-0.2, 0) is 10.8 Å². The van der Waals surface area contributed by atoms with Crippen molar-refractivity contribution in [2.75, 3.05) is 4.90 Å². The highest BCUT2D eigenvalue weighted by atomic mass is 15.1. The fourth-order valence-electron chi connectivity index (χ4n) is 14.2. The van der Waals surface area contributed by atoms with E-state index in [1.165, 1.54) is 125 Å². The molecule has 5 saturated carbocycles. The van der Waals surface area contributed by atoms with Gasteiger partial charge in [-0.1, -0.05) is 128 Å². The number of anilines is 3. The summed E-state index contributed by atoms with van der Waals surface area (Å²) >= 11 is 0. The Balaban J connectivity index is 0.991. The van der Waals surface area contributed by atoms with Crippen LogP contribution in [0.4, 0.5) is 17.1 Å². The number of hydrogen-bond donors (Lipinski definition) is 0. The van der Waals surface area contributed by atoms with Gasteiger partial charge in [0.25, 0.3) is 0 Å². The number of nitrogens with zero attached hydrogens (tertiary/aromatic N) is 1. The van der Waals surface area contributed by atoms with Crippen LogP contribution in [0.1, 0.15) is 86.5 Å². The normalized spacial score (nSPS) is 25.4. The Kier molecular flexibility index (Phi) is 6.91. The first kappa shape index (κ1) is 32.7. The molecule has 57 heavy (non-hydrogen) atoms. The molecule has 0 amide bonds. The largest absolute Gasteiger partial charge is 0.310 e. The lowest BCUT2D eigenvalue weighted by Crippen LogP contribution is -2.55. The maximum atomic E-state index is 2.67. The van der Waals surface area contributed by atoms with Crippen molar-refractivity contribution in [2.24, 2.45) is 23.7 Å². The SMILES string of the molecule is c1ccc2c(c1)-c1cc(N(c3ccc(-c4ccc5ccccc5c4)cc3)c3ccc4c(c3)C3(c5ccccc5-4)C4CC5CC(C4)CC3C5)ccc1C21CCCCC1. The highest BCUT2D eigenvalue weighted by molar-refractivity contribution is 5.91. The molecule has 5 fully saturated rings. The Bertz CT molecular complexity index is 2720. The molecule has 0 radical (unpaired) electrons. The van der Waals surface area contributed by atoms with Crippen LogP contribution >= 0.6 is 0 Å². The molecule has 0 N–H and O–H groups in total. The van der Waals surface area contributed by atoms with E-state index in [2.05, 4.69) is 157 Å². The molecule has 278 valence electrons. The van der Waals surface area contributed by atoms with Crippen molar-refractivity contribution >= 4 is 27.8 Å². The van der Waals surface area contributed by atoms with Crippen molar-refractivity contribution in [3.8, 4) is 33.4 Å². The maximum Gasteiger partial charge on any atom is 0.0468 e. The van der Waals surface area contributed by atoms with Crippen LogP contribution in [0.2, 0.25) is 0 Å². The zero-order valence-corrected chi connectivity index (χ0v) is 32.8. The molecule has 0 aromatic heterocycles. The number of benzene rings is 7. The molecule has 0 atom stereocenters. The Morgan fingerprint density at radius 1 is 0.386 bits per heavy atom. The van der Waals surface area contributed by atoms with Gasteiger partial charge in [-0.15, -0.1) is 0 Å². The van der Waals surface area contributed by atoms with Gasteiger partial charge in [-0.3, -0.25) is 0 Å². The van der Waals surface area contributed by atoms with Gasteiger partial charge in [0.1, 0.15) is 0 Å². The van der Waals surface area contributed by atoms with Gasteiger partial charge >= 0.3 is 0 Å². The Morgan fingerprint density at radius 3 is 1.74 bits per heavy atom. The summed E-state index contributed by atoms with van der Waals surface area (Å²) in [6, 6.07) is 59.0. The fourth-order valence-corrected chi connectivity index (χ4v) is 14.2. The molecule has 14 rings (SSSR count). The third-order valence-corrected chi connectivity index (χ3v) is 16.2. The zero-order valence-electron chi connectivity index (χ0n) is 32.8. The first-order valence-electron chi connectivity index (χ1n) is 22.1. The highest BCUT2D eigenvalue weighted by Crippen LogP contribution is 2.69. The van der Waals surface area contributed by atoms with Crippen LogP contribution in [0.5, 0.6) is 0 Å². The third-order valence-electron chi connectivity index (χ3n) is 16.2. The lowest BCUT2D eigenvalue weighted by molar-refractivity contribution is -0.0399. The van der Waals surface area contributed by atoms with Gasteiger partial charge in [0.2, 0.25) is 0 Å². The van der Waals surface area contributed by atoms with E-state index >= 15 is 0 Å². The predicted molar refractivity (Wildman–Crippen MR) is 237 cm³/mol. The molecule has 7 aromatic carbocycles. The average Bonchev–Trinajstić information content (AvgIpc) is 3.69. The lowest BCUT2D eigenvalue weighted by atomic mass is 9.43. The molecule has 7 aliphatic carbocycles. The average molecular weight is 736 g/mol. The summed E-state index contributed by atoms with van der Waals surface area (Å²) in [6.07, 6.45) is 13.6. The van der Waals surface area contributed by atoms with Crippen LogP contribution in [0, 0.1) is 23.7 Å². The summed E-state index contributed by atoms with van der Waals surface area (Å²) in [7, 11) is 0.